The summed E-state index contributed by atoms with van der Waals surface area (Å²) in [4.78, 5) is 0. The fourth-order valence-corrected chi connectivity index (χ4v) is 2.05. The molecule has 1 aromatic rings. The lowest BCUT2D eigenvalue weighted by atomic mass is 10.0. The molecule has 0 aromatic heterocycles. The van der Waals surface area contributed by atoms with Gasteiger partial charge in [-0.1, -0.05) is 0 Å². The molecular formula is C11H12BrF2N. The summed E-state index contributed by atoms with van der Waals surface area (Å²) >= 11 is 3.04. The molecule has 15 heavy (non-hydrogen) atoms. The van der Waals surface area contributed by atoms with Crippen molar-refractivity contribution in [1.29, 1.82) is 0 Å². The standard InChI is InChI=1S/C11H12BrF2N/c12-8-3-4-9(13)7(11(8)14)5-10(15)6-1-2-6/h3-4,6,10H,1-2,5,15H2. The van der Waals surface area contributed by atoms with E-state index in [-0.39, 0.29) is 18.0 Å². The van der Waals surface area contributed by atoms with Crippen LogP contribution in [0.5, 0.6) is 0 Å². The molecule has 4 heteroatoms. The summed E-state index contributed by atoms with van der Waals surface area (Å²) in [7, 11) is 0. The Kier molecular flexibility index (Phi) is 3.07. The van der Waals surface area contributed by atoms with Gasteiger partial charge in [-0.15, -0.1) is 0 Å². The van der Waals surface area contributed by atoms with Crippen LogP contribution in [0.4, 0.5) is 8.78 Å². The molecule has 0 aliphatic heterocycles. The maximum absolute atomic E-state index is 13.6. The smallest absolute Gasteiger partial charge is 0.143 e. The Labute approximate surface area is 95.8 Å². The van der Waals surface area contributed by atoms with Crippen LogP contribution in [0.1, 0.15) is 18.4 Å². The number of benzene rings is 1. The molecule has 0 bridgehead atoms. The second-order valence-corrected chi connectivity index (χ2v) is 4.88. The minimum atomic E-state index is -0.522. The van der Waals surface area contributed by atoms with Crippen LogP contribution in [-0.2, 0) is 6.42 Å². The normalized spacial score (nSPS) is 17.9. The van der Waals surface area contributed by atoms with Gasteiger partial charge in [-0.2, -0.15) is 0 Å². The molecule has 2 N–H and O–H groups in total. The maximum Gasteiger partial charge on any atom is 0.143 e. The number of hydrogen-bond donors (Lipinski definition) is 1. The van der Waals surface area contributed by atoms with Gasteiger partial charge < -0.3 is 5.73 Å². The highest BCUT2D eigenvalue weighted by Crippen LogP contribution is 2.34. The molecule has 1 aromatic carbocycles. The van der Waals surface area contributed by atoms with E-state index in [9.17, 15) is 8.78 Å². The predicted octanol–water partition coefficient (Wildman–Crippen LogP) is 3.01. The van der Waals surface area contributed by atoms with E-state index in [2.05, 4.69) is 15.9 Å². The fourth-order valence-electron chi connectivity index (χ4n) is 1.68. The Morgan fingerprint density at radius 2 is 2.07 bits per heavy atom. The molecule has 1 atom stereocenters. The first-order chi connectivity index (χ1) is 7.09. The largest absolute Gasteiger partial charge is 0.327 e. The number of nitrogens with two attached hydrogens (primary N) is 1. The Balaban J connectivity index is 2.22. The van der Waals surface area contributed by atoms with Crippen molar-refractivity contribution in [1.82, 2.24) is 0 Å². The highest BCUT2D eigenvalue weighted by molar-refractivity contribution is 9.10. The molecule has 82 valence electrons. The van der Waals surface area contributed by atoms with E-state index in [1.165, 1.54) is 12.1 Å². The van der Waals surface area contributed by atoms with Gasteiger partial charge in [-0.05, 0) is 53.2 Å². The second kappa shape index (κ2) is 4.18. The zero-order valence-electron chi connectivity index (χ0n) is 8.14. The number of rotatable bonds is 3. The lowest BCUT2D eigenvalue weighted by molar-refractivity contribution is 0.513. The Bertz CT molecular complexity index is 377. The first-order valence-electron chi connectivity index (χ1n) is 4.97. The summed E-state index contributed by atoms with van der Waals surface area (Å²) in [6, 6.07) is 2.52. The molecule has 1 saturated carbocycles. The van der Waals surface area contributed by atoms with E-state index in [1.54, 1.807) is 0 Å². The minimum Gasteiger partial charge on any atom is -0.327 e. The molecule has 0 spiro atoms. The summed E-state index contributed by atoms with van der Waals surface area (Å²) < 4.78 is 27.2. The van der Waals surface area contributed by atoms with E-state index in [0.29, 0.717) is 10.4 Å². The monoisotopic (exact) mass is 275 g/mol. The third kappa shape index (κ3) is 2.37. The van der Waals surface area contributed by atoms with Gasteiger partial charge in [0, 0.05) is 11.6 Å². The van der Waals surface area contributed by atoms with Crippen LogP contribution in [0.2, 0.25) is 0 Å². The Morgan fingerprint density at radius 1 is 1.40 bits per heavy atom. The third-order valence-electron chi connectivity index (χ3n) is 2.81. The molecule has 2 rings (SSSR count). The van der Waals surface area contributed by atoms with Crippen molar-refractivity contribution >= 4 is 15.9 Å². The average molecular weight is 276 g/mol. The van der Waals surface area contributed by atoms with E-state index in [4.69, 9.17) is 5.73 Å². The molecule has 1 fully saturated rings. The predicted molar refractivity (Wildman–Crippen MR) is 58.5 cm³/mol. The summed E-state index contributed by atoms with van der Waals surface area (Å²) in [5.74, 6) is -0.583. The van der Waals surface area contributed by atoms with E-state index in [1.807, 2.05) is 0 Å². The molecule has 0 heterocycles. The lowest BCUT2D eigenvalue weighted by Crippen LogP contribution is -2.26. The summed E-state index contributed by atoms with van der Waals surface area (Å²) in [5.41, 5.74) is 5.95. The summed E-state index contributed by atoms with van der Waals surface area (Å²) in [6.07, 6.45) is 2.44. The minimum absolute atomic E-state index is 0.101. The maximum atomic E-state index is 13.6. The van der Waals surface area contributed by atoms with Crippen LogP contribution < -0.4 is 5.73 Å². The molecule has 1 aliphatic carbocycles. The molecule has 0 amide bonds. The molecule has 1 nitrogen and oxygen atoms in total. The quantitative estimate of drug-likeness (QED) is 0.844. The zero-order chi connectivity index (χ0) is 11.0. The van der Waals surface area contributed by atoms with Crippen molar-refractivity contribution in [3.8, 4) is 0 Å². The molecular weight excluding hydrogens is 264 g/mol. The molecule has 0 saturated heterocycles. The zero-order valence-corrected chi connectivity index (χ0v) is 9.73. The molecule has 1 unspecified atom stereocenters. The van der Waals surface area contributed by atoms with Gasteiger partial charge in [0.1, 0.15) is 11.6 Å². The van der Waals surface area contributed by atoms with Crippen molar-refractivity contribution in [3.05, 3.63) is 33.8 Å². The van der Waals surface area contributed by atoms with Crippen molar-refractivity contribution < 1.29 is 8.78 Å². The first kappa shape index (κ1) is 11.0. The van der Waals surface area contributed by atoms with Crippen LogP contribution in [0, 0.1) is 17.6 Å². The Hall–Kier alpha value is -0.480. The van der Waals surface area contributed by atoms with E-state index >= 15 is 0 Å². The van der Waals surface area contributed by atoms with Gasteiger partial charge in [-0.3, -0.25) is 0 Å². The SMILES string of the molecule is NC(Cc1c(F)ccc(Br)c1F)C1CC1. The highest BCUT2D eigenvalue weighted by Gasteiger charge is 2.30. The van der Waals surface area contributed by atoms with E-state index in [0.717, 1.165) is 12.8 Å². The molecule has 1 aliphatic rings. The third-order valence-corrected chi connectivity index (χ3v) is 3.42. The molecule has 0 radical (unpaired) electrons. The van der Waals surface area contributed by atoms with Gasteiger partial charge in [0.25, 0.3) is 0 Å². The number of hydrogen-bond acceptors (Lipinski definition) is 1. The average Bonchev–Trinajstić information content (AvgIpc) is 3.02. The van der Waals surface area contributed by atoms with Crippen LogP contribution in [0.3, 0.4) is 0 Å². The lowest BCUT2D eigenvalue weighted by Gasteiger charge is -2.12. The Morgan fingerprint density at radius 3 is 2.67 bits per heavy atom. The van der Waals surface area contributed by atoms with Crippen molar-refractivity contribution in [2.75, 3.05) is 0 Å². The van der Waals surface area contributed by atoms with Gasteiger partial charge in [0.15, 0.2) is 0 Å². The van der Waals surface area contributed by atoms with Crippen LogP contribution >= 0.6 is 15.9 Å². The van der Waals surface area contributed by atoms with Gasteiger partial charge in [0.2, 0.25) is 0 Å². The summed E-state index contributed by atoms with van der Waals surface area (Å²) in [5, 5.41) is 0. The van der Waals surface area contributed by atoms with Crippen molar-refractivity contribution in [2.45, 2.75) is 25.3 Å². The van der Waals surface area contributed by atoms with Crippen LogP contribution in [-0.4, -0.2) is 6.04 Å². The van der Waals surface area contributed by atoms with Gasteiger partial charge in [-0.25, -0.2) is 8.78 Å². The van der Waals surface area contributed by atoms with E-state index < -0.39 is 11.6 Å². The summed E-state index contributed by atoms with van der Waals surface area (Å²) in [6.45, 7) is 0. The van der Waals surface area contributed by atoms with Gasteiger partial charge >= 0.3 is 0 Å². The number of halogens is 3. The second-order valence-electron chi connectivity index (χ2n) is 4.03. The van der Waals surface area contributed by atoms with Crippen molar-refractivity contribution in [2.24, 2.45) is 11.7 Å². The van der Waals surface area contributed by atoms with Gasteiger partial charge in [0.05, 0.1) is 4.47 Å². The highest BCUT2D eigenvalue weighted by atomic mass is 79.9. The van der Waals surface area contributed by atoms with Crippen LogP contribution in [0.25, 0.3) is 0 Å². The van der Waals surface area contributed by atoms with Crippen molar-refractivity contribution in [3.63, 3.8) is 0 Å². The van der Waals surface area contributed by atoms with Crippen LogP contribution in [0.15, 0.2) is 16.6 Å². The topological polar surface area (TPSA) is 26.0 Å². The fraction of sp³-hybridized carbons (Fsp3) is 0.455. The first-order valence-corrected chi connectivity index (χ1v) is 5.77.